The standard InChI is InChI=1S/C26H21NO4/c28-26(29)16-10-19-5-1-2-7-21(19)17-30-23-12-14-24(15-13-23)31-18-22-11-9-20-6-3-4-8-25(20)27-22/h1-16H,17-18H2,(H,28,29)/b16-10+. The molecule has 154 valence electrons. The smallest absolute Gasteiger partial charge is 0.328 e. The lowest BCUT2D eigenvalue weighted by atomic mass is 10.1. The summed E-state index contributed by atoms with van der Waals surface area (Å²) in [6, 6.07) is 26.9. The van der Waals surface area contributed by atoms with Gasteiger partial charge in [0.1, 0.15) is 24.7 Å². The number of pyridine rings is 1. The Bertz CT molecular complexity index is 1220. The molecule has 4 aromatic rings. The Kier molecular flexibility index (Phi) is 6.24. The van der Waals surface area contributed by atoms with Gasteiger partial charge in [0.05, 0.1) is 11.2 Å². The molecular weight excluding hydrogens is 390 g/mol. The van der Waals surface area contributed by atoms with Crippen molar-refractivity contribution in [2.75, 3.05) is 0 Å². The van der Waals surface area contributed by atoms with Crippen LogP contribution in [0.1, 0.15) is 16.8 Å². The molecule has 1 aromatic heterocycles. The van der Waals surface area contributed by atoms with Crippen LogP contribution >= 0.6 is 0 Å². The first-order valence-corrected chi connectivity index (χ1v) is 9.87. The van der Waals surface area contributed by atoms with Gasteiger partial charge in [0.15, 0.2) is 0 Å². The number of rotatable bonds is 8. The van der Waals surface area contributed by atoms with Gasteiger partial charge in [-0.2, -0.15) is 0 Å². The van der Waals surface area contributed by atoms with Gasteiger partial charge >= 0.3 is 5.97 Å². The van der Waals surface area contributed by atoms with Crippen LogP contribution in [-0.4, -0.2) is 16.1 Å². The van der Waals surface area contributed by atoms with Crippen molar-refractivity contribution in [3.63, 3.8) is 0 Å². The average Bonchev–Trinajstić information content (AvgIpc) is 2.81. The van der Waals surface area contributed by atoms with E-state index in [0.717, 1.165) is 39.5 Å². The number of para-hydroxylation sites is 1. The van der Waals surface area contributed by atoms with Gasteiger partial charge in [-0.3, -0.25) is 0 Å². The number of carbonyl (C=O) groups is 1. The predicted molar refractivity (Wildman–Crippen MR) is 120 cm³/mol. The summed E-state index contributed by atoms with van der Waals surface area (Å²) in [5.41, 5.74) is 3.53. The molecule has 0 unspecified atom stereocenters. The summed E-state index contributed by atoms with van der Waals surface area (Å²) in [5.74, 6) is 0.450. The van der Waals surface area contributed by atoms with Crippen molar-refractivity contribution in [1.29, 1.82) is 0 Å². The Balaban J connectivity index is 1.35. The largest absolute Gasteiger partial charge is 0.489 e. The number of hydrogen-bond acceptors (Lipinski definition) is 4. The SMILES string of the molecule is O=C(O)/C=C/c1ccccc1COc1ccc(OCc2ccc3ccccc3n2)cc1. The zero-order chi connectivity index (χ0) is 21.5. The lowest BCUT2D eigenvalue weighted by Gasteiger charge is -2.10. The van der Waals surface area contributed by atoms with Crippen molar-refractivity contribution >= 4 is 22.9 Å². The first-order chi connectivity index (χ1) is 15.2. The summed E-state index contributed by atoms with van der Waals surface area (Å²) in [6.45, 7) is 0.718. The van der Waals surface area contributed by atoms with Crippen molar-refractivity contribution in [3.05, 3.63) is 108 Å². The molecule has 0 amide bonds. The maximum absolute atomic E-state index is 10.8. The highest BCUT2D eigenvalue weighted by Crippen LogP contribution is 2.21. The van der Waals surface area contributed by atoms with Crippen LogP contribution < -0.4 is 9.47 Å². The first kappa shape index (κ1) is 20.2. The van der Waals surface area contributed by atoms with Gasteiger partial charge in [-0.1, -0.05) is 48.5 Å². The molecule has 0 fully saturated rings. The quantitative estimate of drug-likeness (QED) is 0.388. The summed E-state index contributed by atoms with van der Waals surface area (Å²) in [6.07, 6.45) is 2.69. The van der Waals surface area contributed by atoms with Crippen molar-refractivity contribution in [1.82, 2.24) is 4.98 Å². The summed E-state index contributed by atoms with van der Waals surface area (Å²) < 4.78 is 11.7. The van der Waals surface area contributed by atoms with Crippen LogP contribution in [0, 0.1) is 0 Å². The maximum Gasteiger partial charge on any atom is 0.328 e. The van der Waals surface area contributed by atoms with E-state index in [4.69, 9.17) is 14.6 Å². The second-order valence-corrected chi connectivity index (χ2v) is 6.91. The molecular formula is C26H21NO4. The number of ether oxygens (including phenoxy) is 2. The molecule has 0 atom stereocenters. The molecule has 0 saturated heterocycles. The summed E-state index contributed by atoms with van der Waals surface area (Å²) in [7, 11) is 0. The van der Waals surface area contributed by atoms with Gasteiger partial charge in [-0.15, -0.1) is 0 Å². The molecule has 0 aliphatic carbocycles. The Labute approximate surface area is 180 Å². The number of hydrogen-bond donors (Lipinski definition) is 1. The highest BCUT2D eigenvalue weighted by atomic mass is 16.5. The molecule has 1 N–H and O–H groups in total. The number of nitrogens with zero attached hydrogens (tertiary/aromatic N) is 1. The second-order valence-electron chi connectivity index (χ2n) is 6.91. The zero-order valence-corrected chi connectivity index (χ0v) is 16.8. The normalized spacial score (nSPS) is 11.0. The van der Waals surface area contributed by atoms with E-state index in [9.17, 15) is 4.79 Å². The van der Waals surface area contributed by atoms with E-state index >= 15 is 0 Å². The number of carboxylic acids is 1. The minimum atomic E-state index is -0.981. The molecule has 0 saturated carbocycles. The first-order valence-electron chi connectivity index (χ1n) is 9.87. The molecule has 5 nitrogen and oxygen atoms in total. The van der Waals surface area contributed by atoms with Crippen molar-refractivity contribution < 1.29 is 19.4 Å². The average molecular weight is 411 g/mol. The van der Waals surface area contributed by atoms with Crippen LogP contribution in [-0.2, 0) is 18.0 Å². The molecule has 0 aliphatic rings. The van der Waals surface area contributed by atoms with Gasteiger partial charge in [-0.05, 0) is 53.6 Å². The molecule has 31 heavy (non-hydrogen) atoms. The lowest BCUT2D eigenvalue weighted by molar-refractivity contribution is -0.131. The van der Waals surface area contributed by atoms with E-state index < -0.39 is 5.97 Å². The van der Waals surface area contributed by atoms with E-state index in [0.29, 0.717) is 19.0 Å². The Morgan fingerprint density at radius 3 is 2.26 bits per heavy atom. The predicted octanol–water partition coefficient (Wildman–Crippen LogP) is 5.49. The highest BCUT2D eigenvalue weighted by Gasteiger charge is 2.03. The van der Waals surface area contributed by atoms with Crippen LogP contribution in [0.2, 0.25) is 0 Å². The monoisotopic (exact) mass is 411 g/mol. The van der Waals surface area contributed by atoms with Crippen molar-refractivity contribution in [3.8, 4) is 11.5 Å². The fraction of sp³-hybridized carbons (Fsp3) is 0.0769. The molecule has 4 rings (SSSR count). The van der Waals surface area contributed by atoms with E-state index in [1.54, 1.807) is 6.08 Å². The second kappa shape index (κ2) is 9.59. The molecule has 3 aromatic carbocycles. The summed E-state index contributed by atoms with van der Waals surface area (Å²) in [4.78, 5) is 15.4. The van der Waals surface area contributed by atoms with Gasteiger partial charge < -0.3 is 14.6 Å². The van der Waals surface area contributed by atoms with Gasteiger partial charge in [0.25, 0.3) is 0 Å². The van der Waals surface area contributed by atoms with Gasteiger partial charge in [0.2, 0.25) is 0 Å². The minimum absolute atomic E-state index is 0.335. The Hall–Kier alpha value is -4.12. The Morgan fingerprint density at radius 1 is 0.806 bits per heavy atom. The summed E-state index contributed by atoms with van der Waals surface area (Å²) in [5, 5.41) is 9.93. The summed E-state index contributed by atoms with van der Waals surface area (Å²) >= 11 is 0. The topological polar surface area (TPSA) is 68.7 Å². The molecule has 5 heteroatoms. The number of fused-ring (bicyclic) bond motifs is 1. The molecule has 0 aliphatic heterocycles. The minimum Gasteiger partial charge on any atom is -0.489 e. The van der Waals surface area contributed by atoms with E-state index in [2.05, 4.69) is 4.98 Å². The molecule has 0 spiro atoms. The Morgan fingerprint density at radius 2 is 1.48 bits per heavy atom. The van der Waals surface area contributed by atoms with Crippen LogP contribution in [0.3, 0.4) is 0 Å². The van der Waals surface area contributed by atoms with Crippen molar-refractivity contribution in [2.24, 2.45) is 0 Å². The van der Waals surface area contributed by atoms with Crippen LogP contribution in [0.5, 0.6) is 11.5 Å². The van der Waals surface area contributed by atoms with Crippen LogP contribution in [0.15, 0.2) is 91.0 Å². The van der Waals surface area contributed by atoms with Crippen LogP contribution in [0.25, 0.3) is 17.0 Å². The number of aromatic nitrogens is 1. The van der Waals surface area contributed by atoms with Crippen LogP contribution in [0.4, 0.5) is 0 Å². The van der Waals surface area contributed by atoms with Gasteiger partial charge in [0, 0.05) is 11.5 Å². The fourth-order valence-electron chi connectivity index (χ4n) is 3.13. The highest BCUT2D eigenvalue weighted by molar-refractivity contribution is 5.85. The third-order valence-electron chi connectivity index (χ3n) is 4.72. The number of carboxylic acid groups (broad SMARTS) is 1. The number of benzene rings is 3. The molecule has 0 bridgehead atoms. The fourth-order valence-corrected chi connectivity index (χ4v) is 3.13. The van der Waals surface area contributed by atoms with E-state index in [-0.39, 0.29) is 0 Å². The maximum atomic E-state index is 10.8. The molecule has 1 heterocycles. The van der Waals surface area contributed by atoms with Gasteiger partial charge in [-0.25, -0.2) is 9.78 Å². The third-order valence-corrected chi connectivity index (χ3v) is 4.72. The van der Waals surface area contributed by atoms with E-state index in [1.165, 1.54) is 0 Å². The van der Waals surface area contributed by atoms with E-state index in [1.807, 2.05) is 84.9 Å². The lowest BCUT2D eigenvalue weighted by Crippen LogP contribution is -1.99. The third kappa shape index (κ3) is 5.48. The van der Waals surface area contributed by atoms with Crippen molar-refractivity contribution in [2.45, 2.75) is 13.2 Å². The molecule has 0 radical (unpaired) electrons. The number of aliphatic carboxylic acids is 1. The zero-order valence-electron chi connectivity index (χ0n) is 16.8.